The highest BCUT2D eigenvalue weighted by atomic mass is 16.5. The molecule has 2 fully saturated rings. The molecule has 3 rings (SSSR count). The first-order valence-corrected chi connectivity index (χ1v) is 10.4. The Morgan fingerprint density at radius 1 is 1.18 bits per heavy atom. The lowest BCUT2D eigenvalue weighted by molar-refractivity contribution is -0.145. The summed E-state index contributed by atoms with van der Waals surface area (Å²) in [6.45, 7) is 6.73. The molecule has 0 radical (unpaired) electrons. The van der Waals surface area contributed by atoms with Crippen LogP contribution in [0.2, 0.25) is 0 Å². The Kier molecular flexibility index (Phi) is 6.43. The van der Waals surface area contributed by atoms with Gasteiger partial charge in [0, 0.05) is 31.1 Å². The van der Waals surface area contributed by atoms with E-state index in [-0.39, 0.29) is 29.3 Å². The van der Waals surface area contributed by atoms with Crippen LogP contribution in [0.3, 0.4) is 0 Å². The number of ether oxygens (including phenoxy) is 1. The molecule has 28 heavy (non-hydrogen) atoms. The topological polar surface area (TPSA) is 84.7 Å². The molecule has 1 aromatic rings. The first-order valence-electron chi connectivity index (χ1n) is 10.4. The van der Waals surface area contributed by atoms with Gasteiger partial charge >= 0.3 is 0 Å². The van der Waals surface area contributed by atoms with E-state index in [1.165, 1.54) is 0 Å². The molecule has 1 aliphatic carbocycles. The average Bonchev–Trinajstić information content (AvgIpc) is 3.16. The number of hydrogen-bond donors (Lipinski definition) is 1. The Bertz CT molecular complexity index is 686. The molecule has 1 saturated carbocycles. The smallest absolute Gasteiger partial charge is 0.248 e. The number of methoxy groups -OCH3 is 1. The summed E-state index contributed by atoms with van der Waals surface area (Å²) in [5.74, 6) is 1.07. The van der Waals surface area contributed by atoms with Gasteiger partial charge in [-0.25, -0.2) is 0 Å². The maximum absolute atomic E-state index is 13.1. The summed E-state index contributed by atoms with van der Waals surface area (Å²) in [5.41, 5.74) is -0.177. The molecule has 0 bridgehead atoms. The van der Waals surface area contributed by atoms with Crippen molar-refractivity contribution < 1.29 is 18.8 Å². The number of nitrogens with one attached hydrogen (secondary N) is 1. The van der Waals surface area contributed by atoms with Crippen molar-refractivity contribution >= 4 is 17.6 Å². The molecule has 156 valence electrons. The molecule has 0 unspecified atom stereocenters. The molecule has 1 aromatic heterocycles. The number of rotatable bonds is 4. The molecule has 7 nitrogen and oxygen atoms in total. The largest absolute Gasteiger partial charge is 0.381 e. The number of carbonyl (C=O) groups is 2. The second-order valence-corrected chi connectivity index (χ2v) is 9.07. The lowest BCUT2D eigenvalue weighted by Crippen LogP contribution is -2.52. The van der Waals surface area contributed by atoms with Crippen LogP contribution in [0, 0.1) is 5.92 Å². The molecule has 2 heterocycles. The zero-order valence-electron chi connectivity index (χ0n) is 17.5. The molecule has 1 aliphatic heterocycles. The van der Waals surface area contributed by atoms with Gasteiger partial charge in [0.25, 0.3) is 0 Å². The summed E-state index contributed by atoms with van der Waals surface area (Å²) in [6, 6.07) is 1.33. The number of likely N-dealkylation sites (tertiary alicyclic amines) is 1. The number of aromatic nitrogens is 1. The van der Waals surface area contributed by atoms with Crippen molar-refractivity contribution in [1.82, 2.24) is 10.1 Å². The highest BCUT2D eigenvalue weighted by Gasteiger charge is 2.37. The molecule has 1 atom stereocenters. The quantitative estimate of drug-likeness (QED) is 0.849. The van der Waals surface area contributed by atoms with Gasteiger partial charge in [-0.3, -0.25) is 9.59 Å². The Labute approximate surface area is 167 Å². The van der Waals surface area contributed by atoms with Crippen LogP contribution < -0.4 is 5.32 Å². The van der Waals surface area contributed by atoms with E-state index in [4.69, 9.17) is 9.26 Å². The summed E-state index contributed by atoms with van der Waals surface area (Å²) in [5, 5.41) is 6.82. The number of nitrogens with zero attached hydrogens (tertiary/aromatic N) is 2. The van der Waals surface area contributed by atoms with E-state index in [0.717, 1.165) is 38.5 Å². The second-order valence-electron chi connectivity index (χ2n) is 9.07. The molecule has 1 N–H and O–H groups in total. The molecule has 0 aromatic carbocycles. The number of hydrogen-bond acceptors (Lipinski definition) is 5. The van der Waals surface area contributed by atoms with E-state index in [1.807, 2.05) is 20.8 Å². The Balaban J connectivity index is 1.64. The van der Waals surface area contributed by atoms with Gasteiger partial charge in [-0.15, -0.1) is 0 Å². The Hall–Kier alpha value is -1.89. The van der Waals surface area contributed by atoms with E-state index in [9.17, 15) is 9.59 Å². The van der Waals surface area contributed by atoms with E-state index >= 15 is 0 Å². The Morgan fingerprint density at radius 3 is 2.50 bits per heavy atom. The fourth-order valence-electron chi connectivity index (χ4n) is 4.15. The minimum atomic E-state index is -0.434. The van der Waals surface area contributed by atoms with Crippen LogP contribution >= 0.6 is 0 Å². The fraction of sp³-hybridized carbons (Fsp3) is 0.762. The van der Waals surface area contributed by atoms with E-state index < -0.39 is 6.04 Å². The maximum atomic E-state index is 13.1. The summed E-state index contributed by atoms with van der Waals surface area (Å²) in [6.07, 6.45) is 6.33. The van der Waals surface area contributed by atoms with Crippen molar-refractivity contribution in [2.24, 2.45) is 5.92 Å². The van der Waals surface area contributed by atoms with Gasteiger partial charge in [-0.05, 0) is 44.9 Å². The fourth-order valence-corrected chi connectivity index (χ4v) is 4.15. The van der Waals surface area contributed by atoms with Gasteiger partial charge in [-0.1, -0.05) is 25.9 Å². The van der Waals surface area contributed by atoms with Gasteiger partial charge in [0.05, 0.1) is 6.10 Å². The lowest BCUT2D eigenvalue weighted by Gasteiger charge is -2.38. The number of amides is 2. The minimum Gasteiger partial charge on any atom is -0.381 e. The molecule has 7 heteroatoms. The van der Waals surface area contributed by atoms with Gasteiger partial charge in [0.1, 0.15) is 11.8 Å². The predicted molar refractivity (Wildman–Crippen MR) is 106 cm³/mol. The van der Waals surface area contributed by atoms with Gasteiger partial charge in [0.2, 0.25) is 11.8 Å². The van der Waals surface area contributed by atoms with Crippen LogP contribution in [0.4, 0.5) is 5.82 Å². The highest BCUT2D eigenvalue weighted by molar-refractivity contribution is 5.97. The number of carbonyl (C=O) groups excluding carboxylic acids is 2. The maximum Gasteiger partial charge on any atom is 0.248 e. The molecule has 1 saturated heterocycles. The predicted octanol–water partition coefficient (Wildman–Crippen LogP) is 3.50. The SMILES string of the molecule is COC1CCC(C(=O)N2CCCC[C@H]2C(=O)Nc2cc(C(C)(C)C)on2)CC1. The van der Waals surface area contributed by atoms with Crippen molar-refractivity contribution in [3.63, 3.8) is 0 Å². The summed E-state index contributed by atoms with van der Waals surface area (Å²) in [4.78, 5) is 27.8. The zero-order valence-corrected chi connectivity index (χ0v) is 17.5. The van der Waals surface area contributed by atoms with Crippen molar-refractivity contribution in [3.05, 3.63) is 11.8 Å². The molecular formula is C21H33N3O4. The van der Waals surface area contributed by atoms with Gasteiger partial charge < -0.3 is 19.5 Å². The first kappa shape index (κ1) is 20.8. The summed E-state index contributed by atoms with van der Waals surface area (Å²) in [7, 11) is 1.73. The summed E-state index contributed by atoms with van der Waals surface area (Å²) >= 11 is 0. The van der Waals surface area contributed by atoms with E-state index in [1.54, 1.807) is 18.1 Å². The number of piperidine rings is 1. The van der Waals surface area contributed by atoms with Crippen LogP contribution in [0.15, 0.2) is 10.6 Å². The molecular weight excluding hydrogens is 358 g/mol. The van der Waals surface area contributed by atoms with Crippen molar-refractivity contribution in [1.29, 1.82) is 0 Å². The van der Waals surface area contributed by atoms with Crippen LogP contribution in [-0.4, -0.2) is 47.7 Å². The molecule has 2 amide bonds. The van der Waals surface area contributed by atoms with Crippen molar-refractivity contribution in [3.8, 4) is 0 Å². The van der Waals surface area contributed by atoms with Crippen molar-refractivity contribution in [2.45, 2.75) is 83.3 Å². The second kappa shape index (κ2) is 8.64. The number of anilines is 1. The van der Waals surface area contributed by atoms with Crippen LogP contribution in [-0.2, 0) is 19.7 Å². The molecule has 2 aliphatic rings. The van der Waals surface area contributed by atoms with Crippen LogP contribution in [0.25, 0.3) is 0 Å². The van der Waals surface area contributed by atoms with E-state index in [2.05, 4.69) is 10.5 Å². The third-order valence-corrected chi connectivity index (χ3v) is 5.95. The minimum absolute atomic E-state index is 0.000608. The monoisotopic (exact) mass is 391 g/mol. The van der Waals surface area contributed by atoms with Gasteiger partial charge in [0.15, 0.2) is 5.82 Å². The van der Waals surface area contributed by atoms with Crippen LogP contribution in [0.5, 0.6) is 0 Å². The third-order valence-electron chi connectivity index (χ3n) is 5.95. The average molecular weight is 392 g/mol. The Morgan fingerprint density at radius 2 is 1.89 bits per heavy atom. The first-order chi connectivity index (χ1) is 13.3. The van der Waals surface area contributed by atoms with Crippen LogP contribution in [0.1, 0.15) is 71.5 Å². The normalized spacial score (nSPS) is 26.1. The van der Waals surface area contributed by atoms with Gasteiger partial charge in [-0.2, -0.15) is 0 Å². The summed E-state index contributed by atoms with van der Waals surface area (Å²) < 4.78 is 10.8. The lowest BCUT2D eigenvalue weighted by atomic mass is 9.85. The standard InChI is InChI=1S/C21H33N3O4/c1-21(2,3)17-13-18(23-28-17)22-19(25)16-7-5-6-12-24(16)20(26)14-8-10-15(27-4)11-9-14/h13-16H,5-12H2,1-4H3,(H,22,23,25)/t14?,15?,16-/m0/s1. The zero-order chi connectivity index (χ0) is 20.3. The van der Waals surface area contributed by atoms with E-state index in [0.29, 0.717) is 24.5 Å². The highest BCUT2D eigenvalue weighted by Crippen LogP contribution is 2.30. The third kappa shape index (κ3) is 4.74. The molecule has 0 spiro atoms. The van der Waals surface area contributed by atoms with Crippen molar-refractivity contribution in [2.75, 3.05) is 19.0 Å².